The fourth-order valence-electron chi connectivity index (χ4n) is 2.75. The largest absolute Gasteiger partial charge is 0.622 e. The van der Waals surface area contributed by atoms with Crippen molar-refractivity contribution in [1.82, 2.24) is 5.06 Å². The van der Waals surface area contributed by atoms with Gasteiger partial charge in [0.2, 0.25) is 11.5 Å². The summed E-state index contributed by atoms with van der Waals surface area (Å²) < 4.78 is 0.595. The molecule has 0 amide bonds. The van der Waals surface area contributed by atoms with Crippen LogP contribution in [0.3, 0.4) is 0 Å². The molecule has 2 rings (SSSR count). The van der Waals surface area contributed by atoms with Crippen LogP contribution in [-0.4, -0.2) is 37.7 Å². The summed E-state index contributed by atoms with van der Waals surface area (Å²) >= 11 is 6.02. The number of Topliss-reactive ketones (excluding diaryl/α,β-unsaturated/α-hetero) is 1. The van der Waals surface area contributed by atoms with Crippen LogP contribution in [0.15, 0.2) is 18.2 Å². The first kappa shape index (κ1) is 15.9. The third kappa shape index (κ3) is 2.08. The SMILES string of the molecule is CC(=O)C1(C)N(O)C(C)(C)C(c2ccc(Cl)c(C)c2)=[N+]1[O-]. The predicted molar refractivity (Wildman–Crippen MR) is 80.7 cm³/mol. The lowest BCUT2D eigenvalue weighted by Gasteiger charge is -2.30. The van der Waals surface area contributed by atoms with Crippen molar-refractivity contribution in [2.75, 3.05) is 0 Å². The lowest BCUT2D eigenvalue weighted by molar-refractivity contribution is -0.565. The van der Waals surface area contributed by atoms with Gasteiger partial charge in [-0.2, -0.15) is 4.74 Å². The Morgan fingerprint density at radius 3 is 2.38 bits per heavy atom. The first-order valence-electron chi connectivity index (χ1n) is 6.66. The van der Waals surface area contributed by atoms with Gasteiger partial charge in [0.25, 0.3) is 0 Å². The van der Waals surface area contributed by atoms with Gasteiger partial charge in [-0.1, -0.05) is 11.6 Å². The van der Waals surface area contributed by atoms with Gasteiger partial charge in [0.1, 0.15) is 5.54 Å². The average Bonchev–Trinajstić information content (AvgIpc) is 2.53. The normalized spacial score (nSPS) is 25.5. The van der Waals surface area contributed by atoms with Crippen LogP contribution in [0.2, 0.25) is 5.02 Å². The Morgan fingerprint density at radius 1 is 1.38 bits per heavy atom. The standard InChI is InChI=1S/C15H19ClN2O3/c1-9-8-11(6-7-12(9)16)13-14(3,4)18(21)15(5,10(2)19)17(13)20/h6-8,21H,1-5H3. The van der Waals surface area contributed by atoms with Gasteiger partial charge in [0.15, 0.2) is 0 Å². The molecule has 0 saturated carbocycles. The van der Waals surface area contributed by atoms with Crippen LogP contribution < -0.4 is 0 Å². The number of aryl methyl sites for hydroxylation is 1. The maximum absolute atomic E-state index is 12.7. The van der Waals surface area contributed by atoms with E-state index in [-0.39, 0.29) is 0 Å². The monoisotopic (exact) mass is 310 g/mol. The van der Waals surface area contributed by atoms with Gasteiger partial charge in [0.05, 0.1) is 0 Å². The quantitative estimate of drug-likeness (QED) is 0.674. The van der Waals surface area contributed by atoms with E-state index in [4.69, 9.17) is 11.6 Å². The van der Waals surface area contributed by atoms with Gasteiger partial charge in [-0.15, -0.1) is 5.06 Å². The summed E-state index contributed by atoms with van der Waals surface area (Å²) in [6.45, 7) is 7.95. The molecule has 1 atom stereocenters. The summed E-state index contributed by atoms with van der Waals surface area (Å²) in [7, 11) is 0. The number of nitrogens with zero attached hydrogens (tertiary/aromatic N) is 2. The summed E-state index contributed by atoms with van der Waals surface area (Å²) in [4.78, 5) is 11.9. The van der Waals surface area contributed by atoms with Crippen molar-refractivity contribution in [3.63, 3.8) is 0 Å². The summed E-state index contributed by atoms with van der Waals surface area (Å²) in [6, 6.07) is 5.20. The molecule has 1 heterocycles. The zero-order valence-corrected chi connectivity index (χ0v) is 13.5. The van der Waals surface area contributed by atoms with E-state index in [2.05, 4.69) is 0 Å². The van der Waals surface area contributed by atoms with E-state index >= 15 is 0 Å². The minimum atomic E-state index is -1.63. The van der Waals surface area contributed by atoms with Crippen LogP contribution in [0.1, 0.15) is 38.8 Å². The average molecular weight is 311 g/mol. The zero-order chi connectivity index (χ0) is 16.2. The van der Waals surface area contributed by atoms with Crippen molar-refractivity contribution >= 4 is 23.1 Å². The van der Waals surface area contributed by atoms with E-state index in [0.29, 0.717) is 21.0 Å². The van der Waals surface area contributed by atoms with Crippen molar-refractivity contribution in [2.45, 2.75) is 45.8 Å². The summed E-state index contributed by atoms with van der Waals surface area (Å²) in [5.41, 5.74) is -0.829. The number of hydrogen-bond acceptors (Lipinski definition) is 4. The Bertz CT molecular complexity index is 654. The highest BCUT2D eigenvalue weighted by Gasteiger charge is 2.62. The fourth-order valence-corrected chi connectivity index (χ4v) is 2.87. The van der Waals surface area contributed by atoms with Crippen LogP contribution in [0.25, 0.3) is 0 Å². The van der Waals surface area contributed by atoms with Crippen molar-refractivity contribution in [2.24, 2.45) is 0 Å². The first-order chi connectivity index (χ1) is 9.54. The van der Waals surface area contributed by atoms with Crippen molar-refractivity contribution in [1.29, 1.82) is 0 Å². The number of halogens is 1. The van der Waals surface area contributed by atoms with Gasteiger partial charge in [-0.05, 0) is 44.5 Å². The van der Waals surface area contributed by atoms with Crippen molar-refractivity contribution in [3.05, 3.63) is 39.6 Å². The number of ketones is 1. The Hall–Kier alpha value is -1.43. The number of benzene rings is 1. The summed E-state index contributed by atoms with van der Waals surface area (Å²) in [6.07, 6.45) is 0. The molecule has 0 fully saturated rings. The third-order valence-electron chi connectivity index (χ3n) is 4.22. The van der Waals surface area contributed by atoms with Gasteiger partial charge in [-0.25, -0.2) is 0 Å². The molecule has 1 aliphatic heterocycles. The number of carbonyl (C=O) groups excluding carboxylic acids is 1. The number of hydrogen-bond donors (Lipinski definition) is 1. The van der Waals surface area contributed by atoms with Crippen LogP contribution in [-0.2, 0) is 4.79 Å². The van der Waals surface area contributed by atoms with E-state index in [9.17, 15) is 15.2 Å². The third-order valence-corrected chi connectivity index (χ3v) is 4.64. The second-order valence-corrected chi connectivity index (χ2v) is 6.46. The van der Waals surface area contributed by atoms with Crippen molar-refractivity contribution < 1.29 is 14.7 Å². The zero-order valence-electron chi connectivity index (χ0n) is 12.8. The Balaban J connectivity index is 2.72. The fraction of sp³-hybridized carbons (Fsp3) is 0.467. The molecule has 21 heavy (non-hydrogen) atoms. The molecule has 0 bridgehead atoms. The number of rotatable bonds is 2. The molecule has 1 N–H and O–H groups in total. The molecule has 1 aromatic carbocycles. The molecule has 0 aromatic heterocycles. The molecular formula is C15H19ClN2O3. The highest BCUT2D eigenvalue weighted by atomic mass is 35.5. The van der Waals surface area contributed by atoms with E-state index in [0.717, 1.165) is 10.6 Å². The highest BCUT2D eigenvalue weighted by Crippen LogP contribution is 2.36. The van der Waals surface area contributed by atoms with Gasteiger partial charge >= 0.3 is 5.66 Å². The highest BCUT2D eigenvalue weighted by molar-refractivity contribution is 6.31. The van der Waals surface area contributed by atoms with Crippen LogP contribution in [0.4, 0.5) is 0 Å². The van der Waals surface area contributed by atoms with Gasteiger partial charge in [-0.3, -0.25) is 4.79 Å². The molecule has 0 aliphatic carbocycles. The molecule has 1 unspecified atom stereocenters. The summed E-state index contributed by atoms with van der Waals surface area (Å²) in [5, 5.41) is 24.5. The molecule has 0 saturated heterocycles. The van der Waals surface area contributed by atoms with E-state index in [1.165, 1.54) is 13.8 Å². The second kappa shape index (κ2) is 4.80. The second-order valence-electron chi connectivity index (χ2n) is 6.05. The molecule has 1 aliphatic rings. The molecular weight excluding hydrogens is 292 g/mol. The molecule has 5 nitrogen and oxygen atoms in total. The van der Waals surface area contributed by atoms with Crippen LogP contribution in [0.5, 0.6) is 0 Å². The Labute approximate surface area is 129 Å². The van der Waals surface area contributed by atoms with E-state index < -0.39 is 17.0 Å². The summed E-state index contributed by atoms with van der Waals surface area (Å²) in [5.74, 6) is -0.422. The maximum Gasteiger partial charge on any atom is 0.307 e. The van der Waals surface area contributed by atoms with Gasteiger partial charge < -0.3 is 10.4 Å². The van der Waals surface area contributed by atoms with E-state index in [1.54, 1.807) is 32.0 Å². The minimum absolute atomic E-state index is 0.336. The number of hydroxylamine groups is 3. The first-order valence-corrected chi connectivity index (χ1v) is 7.04. The smallest absolute Gasteiger partial charge is 0.307 e. The van der Waals surface area contributed by atoms with E-state index in [1.807, 2.05) is 6.92 Å². The lowest BCUT2D eigenvalue weighted by Crippen LogP contribution is -2.57. The predicted octanol–water partition coefficient (Wildman–Crippen LogP) is 2.74. The van der Waals surface area contributed by atoms with Crippen LogP contribution >= 0.6 is 11.6 Å². The van der Waals surface area contributed by atoms with Crippen molar-refractivity contribution in [3.8, 4) is 0 Å². The molecule has 6 heteroatoms. The topological polar surface area (TPSA) is 66.6 Å². The molecule has 0 radical (unpaired) electrons. The maximum atomic E-state index is 12.7. The van der Waals surface area contributed by atoms with Crippen LogP contribution in [0, 0.1) is 12.1 Å². The molecule has 1 aromatic rings. The Morgan fingerprint density at radius 2 is 1.95 bits per heavy atom. The molecule has 114 valence electrons. The van der Waals surface area contributed by atoms with Gasteiger partial charge in [0, 0.05) is 24.4 Å². The Kier molecular flexibility index (Phi) is 3.64. The minimum Gasteiger partial charge on any atom is -0.622 e. The molecule has 0 spiro atoms. The lowest BCUT2D eigenvalue weighted by atomic mass is 9.92. The number of carbonyl (C=O) groups is 1.